The topological polar surface area (TPSA) is 99.4 Å². The Labute approximate surface area is 146 Å². The molecule has 0 aromatic carbocycles. The molecule has 0 radical (unpaired) electrons. The van der Waals surface area contributed by atoms with E-state index < -0.39 is 5.60 Å². The van der Waals surface area contributed by atoms with Crippen molar-refractivity contribution in [3.63, 3.8) is 0 Å². The Kier molecular flexibility index (Phi) is 4.84. The van der Waals surface area contributed by atoms with E-state index in [-0.39, 0.29) is 19.0 Å². The minimum Gasteiger partial charge on any atom is -0.386 e. The molecule has 1 aliphatic rings. The molecule has 1 atom stereocenters. The normalized spacial score (nSPS) is 19.9. The zero-order chi connectivity index (χ0) is 17.9. The third-order valence-electron chi connectivity index (χ3n) is 4.25. The fourth-order valence-electron chi connectivity index (χ4n) is 2.82. The molecule has 25 heavy (non-hydrogen) atoms. The first-order chi connectivity index (χ1) is 12.0. The standard InChI is InChI=1S/C16H23N7O2/c1-21(2)13-7-14(20-11-19-13)23-5-3-16(25,10-23)9-18-15(24)8-22-6-4-17-12-22/h4,6-7,11-12,25H,3,5,8-10H2,1-2H3,(H,18,24)/t16-/m0/s1. The first-order valence-corrected chi connectivity index (χ1v) is 8.14. The van der Waals surface area contributed by atoms with E-state index in [2.05, 4.69) is 20.3 Å². The van der Waals surface area contributed by atoms with E-state index in [1.165, 1.54) is 6.33 Å². The van der Waals surface area contributed by atoms with Crippen molar-refractivity contribution in [3.05, 3.63) is 31.1 Å². The van der Waals surface area contributed by atoms with Crippen LogP contribution in [-0.2, 0) is 11.3 Å². The van der Waals surface area contributed by atoms with Gasteiger partial charge in [0.1, 0.15) is 30.1 Å². The van der Waals surface area contributed by atoms with Crippen molar-refractivity contribution in [1.82, 2.24) is 24.8 Å². The second kappa shape index (κ2) is 7.06. The molecular formula is C16H23N7O2. The Morgan fingerprint density at radius 3 is 3.00 bits per heavy atom. The van der Waals surface area contributed by atoms with Gasteiger partial charge >= 0.3 is 0 Å². The number of nitrogens with zero attached hydrogens (tertiary/aromatic N) is 6. The number of carbonyl (C=O) groups excluding carboxylic acids is 1. The molecule has 0 spiro atoms. The van der Waals surface area contributed by atoms with Gasteiger partial charge in [0.2, 0.25) is 5.91 Å². The molecule has 1 fully saturated rings. The fraction of sp³-hybridized carbons (Fsp3) is 0.500. The smallest absolute Gasteiger partial charge is 0.240 e. The van der Waals surface area contributed by atoms with Crippen LogP contribution in [0.3, 0.4) is 0 Å². The van der Waals surface area contributed by atoms with Crippen LogP contribution in [-0.4, -0.2) is 69.9 Å². The van der Waals surface area contributed by atoms with Crippen LogP contribution < -0.4 is 15.1 Å². The lowest BCUT2D eigenvalue weighted by molar-refractivity contribution is -0.122. The van der Waals surface area contributed by atoms with Gasteiger partial charge in [0.05, 0.1) is 6.33 Å². The third kappa shape index (κ3) is 4.24. The average Bonchev–Trinajstić information content (AvgIpc) is 3.23. The second-order valence-electron chi connectivity index (χ2n) is 6.54. The number of rotatable bonds is 6. The molecule has 3 rings (SSSR count). The van der Waals surface area contributed by atoms with Crippen LogP contribution in [0.15, 0.2) is 31.1 Å². The fourth-order valence-corrected chi connectivity index (χ4v) is 2.82. The van der Waals surface area contributed by atoms with Crippen molar-refractivity contribution in [3.8, 4) is 0 Å². The van der Waals surface area contributed by atoms with E-state index in [9.17, 15) is 9.90 Å². The summed E-state index contributed by atoms with van der Waals surface area (Å²) in [6.07, 6.45) is 7.03. The van der Waals surface area contributed by atoms with Crippen molar-refractivity contribution in [1.29, 1.82) is 0 Å². The molecule has 0 saturated carbocycles. The summed E-state index contributed by atoms with van der Waals surface area (Å²) in [6, 6.07) is 1.89. The van der Waals surface area contributed by atoms with Crippen LogP contribution >= 0.6 is 0 Å². The molecule has 2 aromatic rings. The Morgan fingerprint density at radius 2 is 2.28 bits per heavy atom. The highest BCUT2D eigenvalue weighted by molar-refractivity contribution is 5.75. The number of nitrogens with one attached hydrogen (secondary N) is 1. The molecule has 0 unspecified atom stereocenters. The van der Waals surface area contributed by atoms with Crippen LogP contribution in [0.2, 0.25) is 0 Å². The molecule has 1 saturated heterocycles. The molecule has 1 aliphatic heterocycles. The summed E-state index contributed by atoms with van der Waals surface area (Å²) in [5.74, 6) is 1.44. The van der Waals surface area contributed by atoms with Crippen LogP contribution in [0.4, 0.5) is 11.6 Å². The third-order valence-corrected chi connectivity index (χ3v) is 4.25. The summed E-state index contributed by atoms with van der Waals surface area (Å²) in [6.45, 7) is 1.50. The van der Waals surface area contributed by atoms with Gasteiger partial charge in [-0.3, -0.25) is 4.79 Å². The number of amides is 1. The lowest BCUT2D eigenvalue weighted by Crippen LogP contribution is -2.45. The summed E-state index contributed by atoms with van der Waals surface area (Å²) < 4.78 is 1.68. The maximum Gasteiger partial charge on any atom is 0.240 e. The number of aliphatic hydroxyl groups is 1. The van der Waals surface area contributed by atoms with Gasteiger partial charge in [-0.25, -0.2) is 15.0 Å². The molecule has 3 heterocycles. The molecule has 134 valence electrons. The Morgan fingerprint density at radius 1 is 1.44 bits per heavy atom. The van der Waals surface area contributed by atoms with E-state index in [0.29, 0.717) is 19.5 Å². The Hall–Kier alpha value is -2.68. The van der Waals surface area contributed by atoms with Crippen LogP contribution in [0.25, 0.3) is 0 Å². The van der Waals surface area contributed by atoms with Gasteiger partial charge in [-0.15, -0.1) is 0 Å². The number of hydrogen-bond donors (Lipinski definition) is 2. The zero-order valence-electron chi connectivity index (χ0n) is 14.5. The van der Waals surface area contributed by atoms with Crippen molar-refractivity contribution in [2.75, 3.05) is 43.5 Å². The number of anilines is 2. The highest BCUT2D eigenvalue weighted by atomic mass is 16.3. The van der Waals surface area contributed by atoms with E-state index in [0.717, 1.165) is 11.6 Å². The van der Waals surface area contributed by atoms with Gasteiger partial charge in [0.25, 0.3) is 0 Å². The Balaban J connectivity index is 1.55. The molecule has 2 N–H and O–H groups in total. The van der Waals surface area contributed by atoms with Crippen molar-refractivity contribution in [2.45, 2.75) is 18.6 Å². The predicted molar refractivity (Wildman–Crippen MR) is 93.4 cm³/mol. The lowest BCUT2D eigenvalue weighted by Gasteiger charge is -2.24. The number of β-amino-alcohol motifs (C(OH)–C–C–N with tert-alkyl or cyclic N) is 1. The minimum absolute atomic E-state index is 0.151. The molecule has 2 aromatic heterocycles. The highest BCUT2D eigenvalue weighted by Crippen LogP contribution is 2.26. The quantitative estimate of drug-likeness (QED) is 0.728. The zero-order valence-corrected chi connectivity index (χ0v) is 14.5. The van der Waals surface area contributed by atoms with E-state index in [4.69, 9.17) is 0 Å². The summed E-state index contributed by atoms with van der Waals surface area (Å²) in [4.78, 5) is 28.3. The first-order valence-electron chi connectivity index (χ1n) is 8.14. The molecule has 1 amide bonds. The van der Waals surface area contributed by atoms with Crippen LogP contribution in [0.1, 0.15) is 6.42 Å². The molecular weight excluding hydrogens is 322 g/mol. The van der Waals surface area contributed by atoms with Crippen LogP contribution in [0.5, 0.6) is 0 Å². The van der Waals surface area contributed by atoms with Crippen molar-refractivity contribution < 1.29 is 9.90 Å². The Bertz CT molecular complexity index is 719. The van der Waals surface area contributed by atoms with E-state index in [1.54, 1.807) is 23.3 Å². The maximum absolute atomic E-state index is 12.0. The predicted octanol–water partition coefficient (Wildman–Crippen LogP) is -0.503. The van der Waals surface area contributed by atoms with Crippen LogP contribution in [0, 0.1) is 0 Å². The number of hydrogen-bond acceptors (Lipinski definition) is 7. The minimum atomic E-state index is -0.964. The average molecular weight is 345 g/mol. The summed E-state index contributed by atoms with van der Waals surface area (Å²) >= 11 is 0. The number of carbonyl (C=O) groups is 1. The first kappa shape index (κ1) is 17.2. The van der Waals surface area contributed by atoms with Gasteiger partial charge in [0.15, 0.2) is 0 Å². The summed E-state index contributed by atoms with van der Waals surface area (Å²) in [7, 11) is 3.84. The van der Waals surface area contributed by atoms with Gasteiger partial charge in [-0.2, -0.15) is 0 Å². The second-order valence-corrected chi connectivity index (χ2v) is 6.54. The molecule has 9 heteroatoms. The van der Waals surface area contributed by atoms with Gasteiger partial charge in [-0.05, 0) is 6.42 Å². The number of aromatic nitrogens is 4. The highest BCUT2D eigenvalue weighted by Gasteiger charge is 2.37. The lowest BCUT2D eigenvalue weighted by atomic mass is 10.0. The van der Waals surface area contributed by atoms with Crippen molar-refractivity contribution in [2.24, 2.45) is 0 Å². The molecule has 0 bridgehead atoms. The summed E-state index contributed by atoms with van der Waals surface area (Å²) in [5, 5.41) is 13.5. The molecule has 9 nitrogen and oxygen atoms in total. The monoisotopic (exact) mass is 345 g/mol. The largest absolute Gasteiger partial charge is 0.386 e. The maximum atomic E-state index is 12.0. The summed E-state index contributed by atoms with van der Waals surface area (Å²) in [5.41, 5.74) is -0.964. The van der Waals surface area contributed by atoms with Gasteiger partial charge < -0.3 is 24.8 Å². The SMILES string of the molecule is CN(C)c1cc(N2CC[C@](O)(CNC(=O)Cn3ccnc3)C2)ncn1. The number of imidazole rings is 1. The van der Waals surface area contributed by atoms with E-state index >= 15 is 0 Å². The van der Waals surface area contributed by atoms with Gasteiger partial charge in [0, 0.05) is 52.2 Å². The van der Waals surface area contributed by atoms with E-state index in [1.807, 2.05) is 30.0 Å². The van der Waals surface area contributed by atoms with Gasteiger partial charge in [-0.1, -0.05) is 0 Å². The van der Waals surface area contributed by atoms with Crippen molar-refractivity contribution >= 4 is 17.5 Å². The molecule has 0 aliphatic carbocycles.